The van der Waals surface area contributed by atoms with E-state index in [1.807, 2.05) is 19.1 Å². The molecule has 1 unspecified atom stereocenters. The van der Waals surface area contributed by atoms with Crippen LogP contribution < -0.4 is 11.1 Å². The summed E-state index contributed by atoms with van der Waals surface area (Å²) in [6, 6.07) is 5.50. The van der Waals surface area contributed by atoms with Crippen molar-refractivity contribution in [3.63, 3.8) is 0 Å². The molecule has 1 rings (SSSR count). The molecule has 0 aromatic heterocycles. The van der Waals surface area contributed by atoms with Crippen LogP contribution in [0.1, 0.15) is 30.5 Å². The summed E-state index contributed by atoms with van der Waals surface area (Å²) < 4.78 is 0. The van der Waals surface area contributed by atoms with Crippen LogP contribution in [0.5, 0.6) is 0 Å². The first-order valence-electron chi connectivity index (χ1n) is 5.81. The van der Waals surface area contributed by atoms with Gasteiger partial charge in [-0.1, -0.05) is 36.8 Å². The number of nitrogens with two attached hydrogens (primary N) is 1. The number of hydrogen-bond acceptors (Lipinski definition) is 3. The van der Waals surface area contributed by atoms with Gasteiger partial charge in [-0.3, -0.25) is 4.79 Å². The molecular formula is C13H18N2O3. The number of nitrogens with one attached hydrogen (secondary N) is 1. The standard InChI is InChI=1S/C13H18N2O3/c1-3-10(13(17)18)15-12(16)11(14)9-6-4-8(2)5-7-9/h4-7,10-11H,3,14H2,1-2H3,(H,15,16)(H,17,18)/t10-,11?/m1/s1. The summed E-state index contributed by atoms with van der Waals surface area (Å²) in [5, 5.41) is 11.3. The Hall–Kier alpha value is -1.88. The first-order chi connectivity index (χ1) is 8.45. The second kappa shape index (κ2) is 6.16. The van der Waals surface area contributed by atoms with Crippen molar-refractivity contribution in [1.82, 2.24) is 5.32 Å². The van der Waals surface area contributed by atoms with Crippen molar-refractivity contribution >= 4 is 11.9 Å². The lowest BCUT2D eigenvalue weighted by Gasteiger charge is -2.16. The van der Waals surface area contributed by atoms with Gasteiger partial charge in [-0.05, 0) is 18.9 Å². The summed E-state index contributed by atoms with van der Waals surface area (Å²) >= 11 is 0. The fraction of sp³-hybridized carbons (Fsp3) is 0.385. The van der Waals surface area contributed by atoms with Gasteiger partial charge in [0.15, 0.2) is 0 Å². The molecule has 0 saturated heterocycles. The van der Waals surface area contributed by atoms with Crippen molar-refractivity contribution in [1.29, 1.82) is 0 Å². The minimum atomic E-state index is -1.05. The van der Waals surface area contributed by atoms with E-state index in [2.05, 4.69) is 5.32 Å². The third kappa shape index (κ3) is 3.56. The van der Waals surface area contributed by atoms with Crippen LogP contribution in [0.15, 0.2) is 24.3 Å². The second-order valence-electron chi connectivity index (χ2n) is 4.20. The number of carbonyl (C=O) groups excluding carboxylic acids is 1. The monoisotopic (exact) mass is 250 g/mol. The Morgan fingerprint density at radius 1 is 1.33 bits per heavy atom. The van der Waals surface area contributed by atoms with Crippen molar-refractivity contribution in [2.24, 2.45) is 5.73 Å². The lowest BCUT2D eigenvalue weighted by Crippen LogP contribution is -2.44. The van der Waals surface area contributed by atoms with Crippen LogP contribution in [0.3, 0.4) is 0 Å². The van der Waals surface area contributed by atoms with Crippen molar-refractivity contribution in [2.75, 3.05) is 0 Å². The minimum Gasteiger partial charge on any atom is -0.480 e. The molecular weight excluding hydrogens is 232 g/mol. The lowest BCUT2D eigenvalue weighted by molar-refractivity contribution is -0.142. The number of aryl methyl sites for hydroxylation is 1. The second-order valence-corrected chi connectivity index (χ2v) is 4.20. The molecule has 1 aromatic carbocycles. The molecule has 0 aliphatic carbocycles. The van der Waals surface area contributed by atoms with E-state index in [1.165, 1.54) is 0 Å². The van der Waals surface area contributed by atoms with E-state index in [0.29, 0.717) is 12.0 Å². The third-order valence-corrected chi connectivity index (χ3v) is 2.74. The van der Waals surface area contributed by atoms with E-state index < -0.39 is 24.0 Å². The van der Waals surface area contributed by atoms with Gasteiger partial charge < -0.3 is 16.2 Å². The van der Waals surface area contributed by atoms with E-state index in [4.69, 9.17) is 10.8 Å². The third-order valence-electron chi connectivity index (χ3n) is 2.74. The van der Waals surface area contributed by atoms with Crippen molar-refractivity contribution in [2.45, 2.75) is 32.4 Å². The van der Waals surface area contributed by atoms with Crippen molar-refractivity contribution in [3.05, 3.63) is 35.4 Å². The van der Waals surface area contributed by atoms with Crippen molar-refractivity contribution < 1.29 is 14.7 Å². The Balaban J connectivity index is 2.72. The normalized spacial score (nSPS) is 13.7. The number of aliphatic carboxylic acids is 1. The lowest BCUT2D eigenvalue weighted by atomic mass is 10.0. The smallest absolute Gasteiger partial charge is 0.326 e. The molecule has 0 bridgehead atoms. The van der Waals surface area contributed by atoms with Gasteiger partial charge in [-0.15, -0.1) is 0 Å². The van der Waals surface area contributed by atoms with Crippen LogP contribution in [0.25, 0.3) is 0 Å². The zero-order valence-corrected chi connectivity index (χ0v) is 10.5. The predicted molar refractivity (Wildman–Crippen MR) is 68.0 cm³/mol. The Kier molecular flexibility index (Phi) is 4.85. The average Bonchev–Trinajstić information content (AvgIpc) is 2.35. The largest absolute Gasteiger partial charge is 0.480 e. The van der Waals surface area contributed by atoms with Gasteiger partial charge in [0.25, 0.3) is 0 Å². The Morgan fingerprint density at radius 2 is 1.89 bits per heavy atom. The number of hydrogen-bond donors (Lipinski definition) is 3. The molecule has 5 heteroatoms. The molecule has 0 aliphatic rings. The van der Waals surface area contributed by atoms with Crippen LogP contribution in [0.4, 0.5) is 0 Å². The molecule has 0 saturated carbocycles. The van der Waals surface area contributed by atoms with E-state index in [-0.39, 0.29) is 0 Å². The number of carbonyl (C=O) groups is 2. The zero-order chi connectivity index (χ0) is 13.7. The summed E-state index contributed by atoms with van der Waals surface area (Å²) in [5.74, 6) is -1.53. The molecule has 0 fully saturated rings. The molecule has 0 heterocycles. The van der Waals surface area contributed by atoms with Gasteiger partial charge in [0, 0.05) is 0 Å². The highest BCUT2D eigenvalue weighted by Gasteiger charge is 2.22. The Bertz CT molecular complexity index is 428. The molecule has 1 aromatic rings. The van der Waals surface area contributed by atoms with Gasteiger partial charge in [-0.25, -0.2) is 4.79 Å². The number of rotatable bonds is 5. The maximum atomic E-state index is 11.8. The summed E-state index contributed by atoms with van der Waals surface area (Å²) in [5.41, 5.74) is 7.52. The highest BCUT2D eigenvalue weighted by Crippen LogP contribution is 2.12. The highest BCUT2D eigenvalue weighted by atomic mass is 16.4. The molecule has 4 N–H and O–H groups in total. The van der Waals surface area contributed by atoms with E-state index in [1.54, 1.807) is 19.1 Å². The molecule has 2 atom stereocenters. The average molecular weight is 250 g/mol. The number of amides is 1. The number of carboxylic acids is 1. The fourth-order valence-corrected chi connectivity index (χ4v) is 1.53. The molecule has 5 nitrogen and oxygen atoms in total. The van der Waals surface area contributed by atoms with Crippen LogP contribution in [-0.4, -0.2) is 23.0 Å². The fourth-order valence-electron chi connectivity index (χ4n) is 1.53. The van der Waals surface area contributed by atoms with Crippen molar-refractivity contribution in [3.8, 4) is 0 Å². The van der Waals surface area contributed by atoms with Gasteiger partial charge >= 0.3 is 5.97 Å². The topological polar surface area (TPSA) is 92.4 Å². The molecule has 0 aliphatic heterocycles. The van der Waals surface area contributed by atoms with Crippen LogP contribution in [0.2, 0.25) is 0 Å². The minimum absolute atomic E-state index is 0.321. The molecule has 18 heavy (non-hydrogen) atoms. The maximum Gasteiger partial charge on any atom is 0.326 e. The van der Waals surface area contributed by atoms with Crippen LogP contribution in [-0.2, 0) is 9.59 Å². The SMILES string of the molecule is CC[C@@H](NC(=O)C(N)c1ccc(C)cc1)C(=O)O. The van der Waals surface area contributed by atoms with E-state index in [0.717, 1.165) is 5.56 Å². The van der Waals surface area contributed by atoms with Gasteiger partial charge in [0.2, 0.25) is 5.91 Å². The first-order valence-corrected chi connectivity index (χ1v) is 5.81. The number of carboxylic acid groups (broad SMARTS) is 1. The summed E-state index contributed by atoms with van der Waals surface area (Å²) in [7, 11) is 0. The molecule has 98 valence electrons. The molecule has 0 spiro atoms. The predicted octanol–water partition coefficient (Wildman–Crippen LogP) is 0.974. The van der Waals surface area contributed by atoms with Gasteiger partial charge in [0.1, 0.15) is 12.1 Å². The summed E-state index contributed by atoms with van der Waals surface area (Å²) in [4.78, 5) is 22.6. The zero-order valence-electron chi connectivity index (χ0n) is 10.5. The van der Waals surface area contributed by atoms with E-state index >= 15 is 0 Å². The quantitative estimate of drug-likeness (QED) is 0.726. The summed E-state index contributed by atoms with van der Waals surface area (Å²) in [6.45, 7) is 3.63. The molecule has 0 radical (unpaired) electrons. The van der Waals surface area contributed by atoms with Crippen LogP contribution in [0, 0.1) is 6.92 Å². The summed E-state index contributed by atoms with van der Waals surface area (Å²) in [6.07, 6.45) is 0.321. The Morgan fingerprint density at radius 3 is 2.33 bits per heavy atom. The first kappa shape index (κ1) is 14.2. The molecule has 1 amide bonds. The number of benzene rings is 1. The Labute approximate surface area is 106 Å². The van der Waals surface area contributed by atoms with Gasteiger partial charge in [-0.2, -0.15) is 0 Å². The van der Waals surface area contributed by atoms with Gasteiger partial charge in [0.05, 0.1) is 0 Å². The van der Waals surface area contributed by atoms with E-state index in [9.17, 15) is 9.59 Å². The van der Waals surface area contributed by atoms with Crippen LogP contribution >= 0.6 is 0 Å². The highest BCUT2D eigenvalue weighted by molar-refractivity contribution is 5.87. The maximum absolute atomic E-state index is 11.8.